The fraction of sp³-hybridized carbons (Fsp3) is 0.190. The molecule has 1 aliphatic heterocycles. The van der Waals surface area contributed by atoms with E-state index >= 15 is 0 Å². The summed E-state index contributed by atoms with van der Waals surface area (Å²) in [6, 6.07) is 11.2. The zero-order valence-corrected chi connectivity index (χ0v) is 14.4. The van der Waals surface area contributed by atoms with Gasteiger partial charge in [-0.1, -0.05) is 18.2 Å². The number of halogens is 1. The average Bonchev–Trinajstić information content (AvgIpc) is 3.00. The average molecular weight is 333 g/mol. The fourth-order valence-corrected chi connectivity index (χ4v) is 3.56. The lowest BCUT2D eigenvalue weighted by atomic mass is 9.92. The number of nitrogens with zero attached hydrogens (tertiary/aromatic N) is 2. The number of aryl methyl sites for hydroxylation is 1. The van der Waals surface area contributed by atoms with E-state index in [2.05, 4.69) is 29.1 Å². The van der Waals surface area contributed by atoms with E-state index in [0.29, 0.717) is 11.4 Å². The van der Waals surface area contributed by atoms with Gasteiger partial charge in [0.2, 0.25) is 0 Å². The highest BCUT2D eigenvalue weighted by atomic mass is 19.1. The molecule has 4 rings (SSSR count). The Morgan fingerprint density at radius 1 is 1.20 bits per heavy atom. The Labute approximate surface area is 146 Å². The molecular weight excluding hydrogens is 313 g/mol. The molecule has 126 valence electrons. The lowest BCUT2D eigenvalue weighted by Crippen LogP contribution is -2.13. The van der Waals surface area contributed by atoms with Crippen molar-refractivity contribution >= 4 is 22.2 Å². The Balaban J connectivity index is 2.00. The van der Waals surface area contributed by atoms with Gasteiger partial charge in [0.05, 0.1) is 0 Å². The molecule has 2 N–H and O–H groups in total. The van der Waals surface area contributed by atoms with Crippen LogP contribution < -0.4 is 5.73 Å². The first-order valence-electron chi connectivity index (χ1n) is 8.35. The number of likely N-dealkylation sites (N-methyl/N-ethyl adjacent to an activating group) is 1. The van der Waals surface area contributed by atoms with Gasteiger partial charge < -0.3 is 5.73 Å². The van der Waals surface area contributed by atoms with Crippen LogP contribution >= 0.6 is 0 Å². The van der Waals surface area contributed by atoms with Gasteiger partial charge in [0.25, 0.3) is 0 Å². The first-order chi connectivity index (χ1) is 12.0. The largest absolute Gasteiger partial charge is 0.384 e. The van der Waals surface area contributed by atoms with Gasteiger partial charge in [-0.15, -0.1) is 0 Å². The molecule has 2 heterocycles. The Morgan fingerprint density at radius 3 is 2.76 bits per heavy atom. The minimum atomic E-state index is -0.203. The number of pyridine rings is 1. The molecule has 0 spiro atoms. The third kappa shape index (κ3) is 2.79. The zero-order valence-electron chi connectivity index (χ0n) is 14.4. The van der Waals surface area contributed by atoms with Crippen molar-refractivity contribution in [2.24, 2.45) is 0 Å². The summed E-state index contributed by atoms with van der Waals surface area (Å²) >= 11 is 0. The molecule has 0 amide bonds. The Bertz CT molecular complexity index is 987. The number of benzene rings is 2. The SMILES string of the molecule is Cc1cccc(F)c1-c1cc(C2=CCN(C)C2)c2cc(N)ncc2c1. The van der Waals surface area contributed by atoms with Crippen LogP contribution in [-0.4, -0.2) is 30.0 Å². The standard InChI is InChI=1S/C21H20FN3/c1-13-4-3-5-19(22)21(13)15-8-16-11-24-20(23)10-18(16)17(9-15)14-6-7-25(2)12-14/h3-6,8-11H,7,12H2,1-2H3,(H2,23,24). The highest BCUT2D eigenvalue weighted by molar-refractivity contribution is 5.98. The molecule has 1 aliphatic rings. The number of rotatable bonds is 2. The van der Waals surface area contributed by atoms with Crippen LogP contribution in [0.4, 0.5) is 10.2 Å². The summed E-state index contributed by atoms with van der Waals surface area (Å²) in [7, 11) is 2.09. The monoisotopic (exact) mass is 333 g/mol. The minimum Gasteiger partial charge on any atom is -0.384 e. The molecule has 0 bridgehead atoms. The van der Waals surface area contributed by atoms with Gasteiger partial charge in [-0.25, -0.2) is 9.37 Å². The number of aromatic nitrogens is 1. The van der Waals surface area contributed by atoms with Crippen molar-refractivity contribution in [2.75, 3.05) is 25.9 Å². The predicted octanol–water partition coefficient (Wildman–Crippen LogP) is 4.26. The number of fused-ring (bicyclic) bond motifs is 1. The summed E-state index contributed by atoms with van der Waals surface area (Å²) in [6.45, 7) is 3.73. The van der Waals surface area contributed by atoms with Crippen LogP contribution in [0, 0.1) is 12.7 Å². The smallest absolute Gasteiger partial charge is 0.131 e. The maximum absolute atomic E-state index is 14.5. The summed E-state index contributed by atoms with van der Waals surface area (Å²) < 4.78 is 14.5. The maximum Gasteiger partial charge on any atom is 0.131 e. The lowest BCUT2D eigenvalue weighted by Gasteiger charge is -2.15. The summed E-state index contributed by atoms with van der Waals surface area (Å²) in [5.74, 6) is 0.293. The number of nitrogen functional groups attached to an aromatic ring is 1. The summed E-state index contributed by atoms with van der Waals surface area (Å²) in [5, 5.41) is 2.03. The topological polar surface area (TPSA) is 42.1 Å². The van der Waals surface area contributed by atoms with Crippen LogP contribution in [0.25, 0.3) is 27.5 Å². The summed E-state index contributed by atoms with van der Waals surface area (Å²) in [6.07, 6.45) is 4.00. The third-order valence-corrected chi connectivity index (χ3v) is 4.80. The second kappa shape index (κ2) is 5.97. The highest BCUT2D eigenvalue weighted by Gasteiger charge is 2.17. The molecule has 3 nitrogen and oxygen atoms in total. The van der Waals surface area contributed by atoms with Crippen molar-refractivity contribution in [1.29, 1.82) is 0 Å². The molecule has 3 aromatic rings. The molecule has 0 radical (unpaired) electrons. The van der Waals surface area contributed by atoms with Crippen LogP contribution in [-0.2, 0) is 0 Å². The second-order valence-electron chi connectivity index (χ2n) is 6.71. The van der Waals surface area contributed by atoms with Gasteiger partial charge in [-0.3, -0.25) is 4.90 Å². The number of nitrogens with two attached hydrogens (primary N) is 1. The quantitative estimate of drug-likeness (QED) is 0.762. The number of hydrogen-bond donors (Lipinski definition) is 1. The molecule has 4 heteroatoms. The van der Waals surface area contributed by atoms with Gasteiger partial charge in [-0.2, -0.15) is 0 Å². The zero-order chi connectivity index (χ0) is 17.6. The van der Waals surface area contributed by atoms with Gasteiger partial charge in [0.15, 0.2) is 0 Å². The first kappa shape index (κ1) is 15.8. The highest BCUT2D eigenvalue weighted by Crippen LogP contribution is 2.35. The third-order valence-electron chi connectivity index (χ3n) is 4.80. The molecule has 1 aromatic heterocycles. The molecule has 0 unspecified atom stereocenters. The molecule has 25 heavy (non-hydrogen) atoms. The van der Waals surface area contributed by atoms with Crippen molar-refractivity contribution in [1.82, 2.24) is 9.88 Å². The van der Waals surface area contributed by atoms with E-state index < -0.39 is 0 Å². The van der Waals surface area contributed by atoms with E-state index in [1.165, 1.54) is 11.6 Å². The number of anilines is 1. The van der Waals surface area contributed by atoms with E-state index in [-0.39, 0.29) is 5.82 Å². The van der Waals surface area contributed by atoms with Crippen molar-refractivity contribution in [3.63, 3.8) is 0 Å². The predicted molar refractivity (Wildman–Crippen MR) is 102 cm³/mol. The van der Waals surface area contributed by atoms with Crippen LogP contribution in [0.2, 0.25) is 0 Å². The van der Waals surface area contributed by atoms with Crippen molar-refractivity contribution in [2.45, 2.75) is 6.92 Å². The van der Waals surface area contributed by atoms with E-state index in [4.69, 9.17) is 5.73 Å². The summed E-state index contributed by atoms with van der Waals surface area (Å²) in [5.41, 5.74) is 10.7. The Hall–Kier alpha value is -2.72. The van der Waals surface area contributed by atoms with E-state index in [9.17, 15) is 4.39 Å². The van der Waals surface area contributed by atoms with Crippen LogP contribution in [0.5, 0.6) is 0 Å². The van der Waals surface area contributed by atoms with E-state index in [1.807, 2.05) is 25.1 Å². The van der Waals surface area contributed by atoms with Crippen LogP contribution in [0.1, 0.15) is 11.1 Å². The Kier molecular flexibility index (Phi) is 3.77. The molecule has 0 fully saturated rings. The van der Waals surface area contributed by atoms with E-state index in [0.717, 1.165) is 40.6 Å². The first-order valence-corrected chi connectivity index (χ1v) is 8.35. The van der Waals surface area contributed by atoms with E-state index in [1.54, 1.807) is 12.3 Å². The molecular formula is C21H20FN3. The minimum absolute atomic E-state index is 0.203. The van der Waals surface area contributed by atoms with Gasteiger partial charge in [-0.05, 0) is 65.9 Å². The van der Waals surface area contributed by atoms with Crippen LogP contribution in [0.15, 0.2) is 48.7 Å². The second-order valence-corrected chi connectivity index (χ2v) is 6.71. The van der Waals surface area contributed by atoms with Crippen molar-refractivity contribution in [3.8, 4) is 11.1 Å². The molecule has 0 aliphatic carbocycles. The van der Waals surface area contributed by atoms with Crippen molar-refractivity contribution in [3.05, 3.63) is 65.6 Å². The lowest BCUT2D eigenvalue weighted by molar-refractivity contribution is 0.439. The molecule has 0 saturated heterocycles. The van der Waals surface area contributed by atoms with Gasteiger partial charge in [0, 0.05) is 30.2 Å². The van der Waals surface area contributed by atoms with Gasteiger partial charge in [0.1, 0.15) is 11.6 Å². The van der Waals surface area contributed by atoms with Gasteiger partial charge >= 0.3 is 0 Å². The molecule has 0 atom stereocenters. The fourth-order valence-electron chi connectivity index (χ4n) is 3.56. The molecule has 0 saturated carbocycles. The Morgan fingerprint density at radius 2 is 2.04 bits per heavy atom. The normalized spacial score (nSPS) is 14.9. The number of hydrogen-bond acceptors (Lipinski definition) is 3. The van der Waals surface area contributed by atoms with Crippen molar-refractivity contribution < 1.29 is 4.39 Å². The summed E-state index contributed by atoms with van der Waals surface area (Å²) in [4.78, 5) is 6.47. The van der Waals surface area contributed by atoms with Crippen LogP contribution in [0.3, 0.4) is 0 Å². The maximum atomic E-state index is 14.5. The molecule has 2 aromatic carbocycles.